The van der Waals surface area contributed by atoms with Crippen molar-refractivity contribution in [3.05, 3.63) is 168 Å². The van der Waals surface area contributed by atoms with Gasteiger partial charge in [0, 0.05) is 33.5 Å². The second-order valence-corrected chi connectivity index (χ2v) is 11.7. The summed E-state index contributed by atoms with van der Waals surface area (Å²) in [6, 6.07) is 56.5. The standard InChI is InChI=1S/C43H28N4/c1-29-26-41(47(34-10-6-3-7-11-34)36-20-14-31(28-45)15-21-36)39-22-16-32-17-25-40(38-24-23-37(29)43(39)42(32)38)46(33-8-4-2-5-9-33)35-18-12-30(27-44)13-19-35/h2-26H,1H3. The topological polar surface area (TPSA) is 54.1 Å². The van der Waals surface area contributed by atoms with Gasteiger partial charge in [-0.1, -0.05) is 66.7 Å². The molecule has 0 unspecified atom stereocenters. The molecule has 0 radical (unpaired) electrons. The van der Waals surface area contributed by atoms with E-state index in [-0.39, 0.29) is 0 Å². The van der Waals surface area contributed by atoms with Crippen LogP contribution in [0.1, 0.15) is 16.7 Å². The number of hydrogen-bond acceptors (Lipinski definition) is 4. The normalized spacial score (nSPS) is 11.0. The van der Waals surface area contributed by atoms with Gasteiger partial charge in [-0.25, -0.2) is 0 Å². The van der Waals surface area contributed by atoms with Gasteiger partial charge in [0.2, 0.25) is 0 Å². The lowest BCUT2D eigenvalue weighted by atomic mass is 9.89. The van der Waals surface area contributed by atoms with Crippen LogP contribution in [0, 0.1) is 29.6 Å². The van der Waals surface area contributed by atoms with Crippen molar-refractivity contribution >= 4 is 66.4 Å². The zero-order valence-electron chi connectivity index (χ0n) is 25.7. The van der Waals surface area contributed by atoms with Crippen LogP contribution in [-0.4, -0.2) is 0 Å². The lowest BCUT2D eigenvalue weighted by molar-refractivity contribution is 1.29. The molecule has 0 bridgehead atoms. The second kappa shape index (κ2) is 11.4. The number of aryl methyl sites for hydroxylation is 1. The molecular weight excluding hydrogens is 573 g/mol. The van der Waals surface area contributed by atoms with Crippen LogP contribution in [0.5, 0.6) is 0 Å². The average Bonchev–Trinajstić information content (AvgIpc) is 3.13. The summed E-state index contributed by atoms with van der Waals surface area (Å²) in [5.41, 5.74) is 8.66. The van der Waals surface area contributed by atoms with E-state index in [1.165, 1.54) is 27.1 Å². The highest BCUT2D eigenvalue weighted by atomic mass is 15.1. The van der Waals surface area contributed by atoms with Crippen molar-refractivity contribution in [3.63, 3.8) is 0 Å². The van der Waals surface area contributed by atoms with Crippen LogP contribution < -0.4 is 9.80 Å². The summed E-state index contributed by atoms with van der Waals surface area (Å²) in [5.74, 6) is 0. The maximum Gasteiger partial charge on any atom is 0.0991 e. The monoisotopic (exact) mass is 600 g/mol. The second-order valence-electron chi connectivity index (χ2n) is 11.7. The molecule has 0 aromatic heterocycles. The van der Waals surface area contributed by atoms with Gasteiger partial charge in [-0.05, 0) is 119 Å². The number of hydrogen-bond donors (Lipinski definition) is 0. The Labute approximate surface area is 273 Å². The summed E-state index contributed by atoms with van der Waals surface area (Å²) in [4.78, 5) is 4.56. The quantitative estimate of drug-likeness (QED) is 0.178. The third-order valence-corrected chi connectivity index (χ3v) is 8.96. The van der Waals surface area contributed by atoms with E-state index in [4.69, 9.17) is 0 Å². The lowest BCUT2D eigenvalue weighted by Crippen LogP contribution is -2.12. The minimum Gasteiger partial charge on any atom is -0.310 e. The molecule has 0 spiro atoms. The first-order chi connectivity index (χ1) is 23.1. The minimum absolute atomic E-state index is 0.630. The van der Waals surface area contributed by atoms with Crippen molar-refractivity contribution in [1.82, 2.24) is 0 Å². The van der Waals surface area contributed by atoms with Gasteiger partial charge >= 0.3 is 0 Å². The number of para-hydroxylation sites is 2. The molecule has 0 fully saturated rings. The van der Waals surface area contributed by atoms with E-state index in [2.05, 4.69) is 120 Å². The Morgan fingerprint density at radius 3 is 1.43 bits per heavy atom. The molecule has 0 heterocycles. The first-order valence-electron chi connectivity index (χ1n) is 15.6. The third-order valence-electron chi connectivity index (χ3n) is 8.96. The van der Waals surface area contributed by atoms with Gasteiger partial charge in [0.15, 0.2) is 0 Å². The zero-order valence-corrected chi connectivity index (χ0v) is 25.7. The maximum atomic E-state index is 9.49. The summed E-state index contributed by atoms with van der Waals surface area (Å²) in [5, 5.41) is 26.1. The van der Waals surface area contributed by atoms with Crippen LogP contribution in [-0.2, 0) is 0 Å². The van der Waals surface area contributed by atoms with Crippen molar-refractivity contribution < 1.29 is 0 Å². The number of benzene rings is 8. The highest BCUT2D eigenvalue weighted by Gasteiger charge is 2.22. The maximum absolute atomic E-state index is 9.49. The van der Waals surface area contributed by atoms with E-state index in [1.807, 2.05) is 60.7 Å². The summed E-state index contributed by atoms with van der Waals surface area (Å²) >= 11 is 0. The number of nitrogens with zero attached hydrogens (tertiary/aromatic N) is 4. The van der Waals surface area contributed by atoms with Crippen molar-refractivity contribution in [1.29, 1.82) is 10.5 Å². The molecule has 8 aromatic carbocycles. The van der Waals surface area contributed by atoms with Crippen LogP contribution >= 0.6 is 0 Å². The third kappa shape index (κ3) is 4.68. The molecule has 0 atom stereocenters. The molecule has 8 rings (SSSR count). The molecule has 220 valence electrons. The smallest absolute Gasteiger partial charge is 0.0991 e. The van der Waals surface area contributed by atoms with E-state index < -0.39 is 0 Å². The lowest BCUT2D eigenvalue weighted by Gasteiger charge is -2.30. The molecule has 0 saturated carbocycles. The molecule has 0 amide bonds. The Morgan fingerprint density at radius 2 is 0.872 bits per heavy atom. The zero-order chi connectivity index (χ0) is 31.9. The fourth-order valence-electron chi connectivity index (χ4n) is 6.79. The fourth-order valence-corrected chi connectivity index (χ4v) is 6.79. The summed E-state index contributed by atoms with van der Waals surface area (Å²) in [7, 11) is 0. The molecule has 0 aliphatic rings. The molecule has 0 aliphatic heterocycles. The fraction of sp³-hybridized carbons (Fsp3) is 0.0233. The molecular formula is C43H28N4. The van der Waals surface area contributed by atoms with Crippen molar-refractivity contribution in [2.24, 2.45) is 0 Å². The van der Waals surface area contributed by atoms with Crippen molar-refractivity contribution in [2.75, 3.05) is 9.80 Å². The van der Waals surface area contributed by atoms with Gasteiger partial charge in [0.05, 0.1) is 34.6 Å². The van der Waals surface area contributed by atoms with Gasteiger partial charge in [0.25, 0.3) is 0 Å². The largest absolute Gasteiger partial charge is 0.310 e. The van der Waals surface area contributed by atoms with Gasteiger partial charge in [0.1, 0.15) is 0 Å². The van der Waals surface area contributed by atoms with Crippen LogP contribution in [0.15, 0.2) is 152 Å². The number of anilines is 6. The van der Waals surface area contributed by atoms with E-state index in [9.17, 15) is 10.5 Å². The minimum atomic E-state index is 0.630. The van der Waals surface area contributed by atoms with Crippen molar-refractivity contribution in [3.8, 4) is 12.1 Å². The average molecular weight is 601 g/mol. The molecule has 0 saturated heterocycles. The summed E-state index contributed by atoms with van der Waals surface area (Å²) in [6.45, 7) is 2.19. The van der Waals surface area contributed by atoms with E-state index >= 15 is 0 Å². The highest BCUT2D eigenvalue weighted by Crippen LogP contribution is 2.48. The number of rotatable bonds is 6. The Kier molecular flexibility index (Phi) is 6.76. The van der Waals surface area contributed by atoms with Crippen LogP contribution in [0.2, 0.25) is 0 Å². The summed E-state index contributed by atoms with van der Waals surface area (Å²) < 4.78 is 0. The Balaban J connectivity index is 1.42. The van der Waals surface area contributed by atoms with Gasteiger partial charge < -0.3 is 9.80 Å². The Morgan fingerprint density at radius 1 is 0.426 bits per heavy atom. The molecule has 4 heteroatoms. The van der Waals surface area contributed by atoms with Crippen LogP contribution in [0.3, 0.4) is 0 Å². The predicted molar refractivity (Wildman–Crippen MR) is 194 cm³/mol. The molecule has 4 nitrogen and oxygen atoms in total. The van der Waals surface area contributed by atoms with E-state index in [0.29, 0.717) is 11.1 Å². The van der Waals surface area contributed by atoms with Crippen LogP contribution in [0.25, 0.3) is 32.3 Å². The number of nitriles is 2. The van der Waals surface area contributed by atoms with Gasteiger partial charge in [-0.3, -0.25) is 0 Å². The van der Waals surface area contributed by atoms with Gasteiger partial charge in [-0.2, -0.15) is 10.5 Å². The Bertz CT molecular complexity index is 2470. The first kappa shape index (κ1) is 27.9. The van der Waals surface area contributed by atoms with E-state index in [0.717, 1.165) is 44.9 Å². The van der Waals surface area contributed by atoms with Crippen molar-refractivity contribution in [2.45, 2.75) is 6.92 Å². The van der Waals surface area contributed by atoms with Crippen LogP contribution in [0.4, 0.5) is 34.1 Å². The molecule has 47 heavy (non-hydrogen) atoms. The predicted octanol–water partition coefficient (Wildman–Crippen LogP) is 11.6. The molecule has 8 aromatic rings. The SMILES string of the molecule is Cc1cc(N(c2ccccc2)c2ccc(C#N)cc2)c2ccc3ccc(N(c4ccccc4)c4ccc(C#N)cc4)c4ccc1c2c34. The highest BCUT2D eigenvalue weighted by molar-refractivity contribution is 6.28. The first-order valence-corrected chi connectivity index (χ1v) is 15.6. The van der Waals surface area contributed by atoms with Gasteiger partial charge in [-0.15, -0.1) is 0 Å². The molecule has 0 aliphatic carbocycles. The Hall–Kier alpha value is -6.62. The summed E-state index contributed by atoms with van der Waals surface area (Å²) in [6.07, 6.45) is 0. The van der Waals surface area contributed by atoms with E-state index in [1.54, 1.807) is 0 Å². The molecule has 0 N–H and O–H groups in total.